The quantitative estimate of drug-likeness (QED) is 0.491. The van der Waals surface area contributed by atoms with Gasteiger partial charge in [-0.15, -0.1) is 4.52 Å². The lowest BCUT2D eigenvalue weighted by molar-refractivity contribution is -0.0650. The van der Waals surface area contributed by atoms with E-state index >= 15 is 0 Å². The highest BCUT2D eigenvalue weighted by Crippen LogP contribution is 2.39. The summed E-state index contributed by atoms with van der Waals surface area (Å²) in [6.07, 6.45) is 5.79. The van der Waals surface area contributed by atoms with Crippen LogP contribution >= 0.6 is 11.6 Å². The topological polar surface area (TPSA) is 108 Å². The lowest BCUT2D eigenvalue weighted by Crippen LogP contribution is -2.42. The molecule has 6 rings (SSSR count). The van der Waals surface area contributed by atoms with Crippen molar-refractivity contribution in [3.63, 3.8) is 0 Å². The molecule has 4 heterocycles. The van der Waals surface area contributed by atoms with Crippen molar-refractivity contribution < 1.29 is 4.74 Å². The van der Waals surface area contributed by atoms with Crippen molar-refractivity contribution in [1.82, 2.24) is 19.6 Å². The first-order valence-electron chi connectivity index (χ1n) is 11.9. The van der Waals surface area contributed by atoms with Crippen molar-refractivity contribution in [2.24, 2.45) is 11.8 Å². The number of rotatable bonds is 6. The van der Waals surface area contributed by atoms with Gasteiger partial charge in [-0.1, -0.05) is 23.3 Å². The van der Waals surface area contributed by atoms with E-state index in [1.807, 2.05) is 6.07 Å². The highest BCUT2D eigenvalue weighted by molar-refractivity contribution is 6.36. The second kappa shape index (κ2) is 8.88. The molecule has 3 fully saturated rings. The molecule has 2 N–H and O–H groups in total. The number of piperidine rings is 1. The Morgan fingerprint density at radius 2 is 1.97 bits per heavy atom. The van der Waals surface area contributed by atoms with Crippen LogP contribution in [0.2, 0.25) is 5.02 Å². The van der Waals surface area contributed by atoms with Gasteiger partial charge >= 0.3 is 0 Å². The summed E-state index contributed by atoms with van der Waals surface area (Å²) in [5.41, 5.74) is 2.39. The van der Waals surface area contributed by atoms with Crippen LogP contribution in [-0.4, -0.2) is 51.9 Å². The van der Waals surface area contributed by atoms with E-state index in [4.69, 9.17) is 22.9 Å². The first-order valence-corrected chi connectivity index (χ1v) is 12.2. The Hall–Kier alpha value is -3.60. The lowest BCUT2D eigenvalue weighted by atomic mass is 9.83. The van der Waals surface area contributed by atoms with Gasteiger partial charge in [0.15, 0.2) is 5.82 Å². The summed E-state index contributed by atoms with van der Waals surface area (Å²) in [5, 5.41) is 21.3. The second-order valence-electron chi connectivity index (χ2n) is 9.38. The number of hydrogen-bond acceptors (Lipinski definition) is 8. The molecule has 0 bridgehead atoms. The highest BCUT2D eigenvalue weighted by atomic mass is 35.5. The summed E-state index contributed by atoms with van der Waals surface area (Å²) in [4.78, 5) is 14.7. The van der Waals surface area contributed by atoms with Crippen molar-refractivity contribution in [2.45, 2.75) is 31.7 Å². The molecule has 3 aliphatic rings. The van der Waals surface area contributed by atoms with Gasteiger partial charge in [0, 0.05) is 25.0 Å². The molecule has 2 aromatic heterocycles. The van der Waals surface area contributed by atoms with Gasteiger partial charge in [-0.25, -0.2) is 4.98 Å². The van der Waals surface area contributed by atoms with Crippen molar-refractivity contribution in [2.75, 3.05) is 41.8 Å². The number of halogens is 1. The first kappa shape index (κ1) is 21.9. The molecule has 11 heteroatoms. The van der Waals surface area contributed by atoms with Crippen molar-refractivity contribution in [1.29, 1.82) is 5.26 Å². The molecule has 10 nitrogen and oxygen atoms in total. The van der Waals surface area contributed by atoms with Gasteiger partial charge in [-0.2, -0.15) is 10.2 Å². The summed E-state index contributed by atoms with van der Waals surface area (Å²) in [6, 6.07) is 6.14. The minimum Gasteiger partial charge on any atom is -0.381 e. The molecule has 0 spiro atoms. The van der Waals surface area contributed by atoms with Crippen LogP contribution in [0.3, 0.4) is 0 Å². The monoisotopic (exact) mass is 489 g/mol. The van der Waals surface area contributed by atoms with Crippen LogP contribution in [0.1, 0.15) is 31.2 Å². The number of nitriles is 1. The maximum atomic E-state index is 9.69. The number of benzene rings is 1. The Balaban J connectivity index is 1.31. The minimum atomic E-state index is 0.273. The molecule has 1 aromatic carbocycles. The Bertz CT molecular complexity index is 1360. The summed E-state index contributed by atoms with van der Waals surface area (Å²) < 4.78 is 6.85. The molecule has 2 saturated heterocycles. The second-order valence-corrected chi connectivity index (χ2v) is 9.76. The molecule has 0 radical (unpaired) electrons. The van der Waals surface area contributed by atoms with Gasteiger partial charge in [0.25, 0.3) is 17.4 Å². The minimum absolute atomic E-state index is 0.273. The number of hydrogen-bond donors (Lipinski definition) is 2. The third kappa shape index (κ3) is 4.20. The smallest absolute Gasteiger partial charge is 0.275 e. The van der Waals surface area contributed by atoms with E-state index in [1.54, 1.807) is 6.07 Å². The van der Waals surface area contributed by atoms with Crippen LogP contribution < -0.4 is 15.5 Å². The average molecular weight is 490 g/mol. The van der Waals surface area contributed by atoms with Crippen LogP contribution in [-0.2, 0) is 4.74 Å². The van der Waals surface area contributed by atoms with Crippen molar-refractivity contribution >= 4 is 46.2 Å². The predicted molar refractivity (Wildman–Crippen MR) is 132 cm³/mol. The van der Waals surface area contributed by atoms with Crippen LogP contribution in [0.5, 0.6) is 0 Å². The van der Waals surface area contributed by atoms with Gasteiger partial charge in [-0.3, -0.25) is 0 Å². The third-order valence-electron chi connectivity index (χ3n) is 7.02. The number of imidazole rings is 1. The highest BCUT2D eigenvalue weighted by Gasteiger charge is 2.32. The van der Waals surface area contributed by atoms with E-state index in [9.17, 15) is 5.26 Å². The number of nitrogens with one attached hydrogen (secondary N) is 2. The molecule has 2 aliphatic heterocycles. The molecule has 0 unspecified atom stereocenters. The fraction of sp³-hybridized carbons (Fsp3) is 0.458. The molecule has 35 heavy (non-hydrogen) atoms. The van der Waals surface area contributed by atoms with E-state index < -0.39 is 0 Å². The number of fused-ring (bicyclic) bond motifs is 1. The Labute approximate surface area is 207 Å². The number of anilines is 4. The molecule has 1 aliphatic carbocycles. The maximum Gasteiger partial charge on any atom is 0.275 e. The fourth-order valence-corrected chi connectivity index (χ4v) is 5.05. The van der Waals surface area contributed by atoms with Crippen molar-refractivity contribution in [3.8, 4) is 6.07 Å². The average Bonchev–Trinajstić information content (AvgIpc) is 3.56. The first-order chi connectivity index (χ1) is 17.1. The standard InChI is InChI=1S/C24H24ClN9O/c1-27-20-11-28-23-22(29-17-2-3-17)31-24(32-34(20)23)30-18-8-14(10-26)9-19(21(18)25)33-6-4-15(5-7-33)16-12-35-13-16/h8-9,11,15-17H,2-7,12-13H2,(H2,29,30,31,32). The Kier molecular flexibility index (Phi) is 5.56. The Morgan fingerprint density at radius 1 is 1.17 bits per heavy atom. The Morgan fingerprint density at radius 3 is 2.63 bits per heavy atom. The summed E-state index contributed by atoms with van der Waals surface area (Å²) >= 11 is 6.88. The molecule has 3 aromatic rings. The van der Waals surface area contributed by atoms with Crippen molar-refractivity contribution in [3.05, 3.63) is 40.3 Å². The molecular formula is C24H24ClN9O. The summed E-state index contributed by atoms with van der Waals surface area (Å²) in [5.74, 6) is 2.48. The van der Waals surface area contributed by atoms with E-state index in [0.717, 1.165) is 57.7 Å². The molecule has 0 atom stereocenters. The van der Waals surface area contributed by atoms with E-state index in [1.165, 1.54) is 10.7 Å². The lowest BCUT2D eigenvalue weighted by Gasteiger charge is -2.40. The SMILES string of the molecule is [C-]#[N+]c1cnc2c(NC3CC3)nc(Nc3cc(C#N)cc(N4CCC(C5COC5)CC4)c3Cl)nn12. The van der Waals surface area contributed by atoms with E-state index in [2.05, 4.69) is 41.5 Å². The van der Waals surface area contributed by atoms with Crippen LogP contribution in [0.15, 0.2) is 18.3 Å². The number of aromatic nitrogens is 4. The normalized spacial score (nSPS) is 18.7. The van der Waals surface area contributed by atoms with Gasteiger partial charge < -0.3 is 25.1 Å². The molecule has 0 amide bonds. The van der Waals surface area contributed by atoms with Crippen LogP contribution in [0, 0.1) is 29.7 Å². The van der Waals surface area contributed by atoms with E-state index in [-0.39, 0.29) is 5.95 Å². The predicted octanol–water partition coefficient (Wildman–Crippen LogP) is 4.38. The zero-order valence-electron chi connectivity index (χ0n) is 19.0. The van der Waals surface area contributed by atoms with Crippen LogP contribution in [0.25, 0.3) is 10.5 Å². The molecule has 1 saturated carbocycles. The summed E-state index contributed by atoms with van der Waals surface area (Å²) in [6.45, 7) is 11.0. The molecular weight excluding hydrogens is 466 g/mol. The van der Waals surface area contributed by atoms with Gasteiger partial charge in [-0.05, 0) is 43.7 Å². The van der Waals surface area contributed by atoms with Gasteiger partial charge in [0.05, 0.1) is 47.4 Å². The maximum absolute atomic E-state index is 9.69. The largest absolute Gasteiger partial charge is 0.381 e. The zero-order chi connectivity index (χ0) is 23.9. The van der Waals surface area contributed by atoms with Crippen LogP contribution in [0.4, 0.5) is 29.0 Å². The van der Waals surface area contributed by atoms with E-state index in [0.29, 0.717) is 51.4 Å². The summed E-state index contributed by atoms with van der Waals surface area (Å²) in [7, 11) is 0. The third-order valence-corrected chi connectivity index (χ3v) is 7.41. The molecule has 178 valence electrons. The fourth-order valence-electron chi connectivity index (χ4n) is 4.77. The zero-order valence-corrected chi connectivity index (χ0v) is 19.8. The number of nitrogens with zero attached hydrogens (tertiary/aromatic N) is 7. The number of ether oxygens (including phenoxy) is 1. The van der Waals surface area contributed by atoms with Gasteiger partial charge in [0.2, 0.25) is 0 Å². The van der Waals surface area contributed by atoms with Gasteiger partial charge in [0.1, 0.15) is 0 Å².